The maximum absolute atomic E-state index is 10.1. The second-order valence-electron chi connectivity index (χ2n) is 4.48. The first kappa shape index (κ1) is 13.6. The summed E-state index contributed by atoms with van der Waals surface area (Å²) >= 11 is 1.35. The van der Waals surface area contributed by atoms with E-state index in [4.69, 9.17) is 0 Å². The van der Waals surface area contributed by atoms with E-state index in [9.17, 15) is 5.11 Å². The fourth-order valence-corrected chi connectivity index (χ4v) is 2.67. The van der Waals surface area contributed by atoms with E-state index in [1.807, 2.05) is 0 Å². The first-order valence-electron chi connectivity index (χ1n) is 6.18. The van der Waals surface area contributed by atoms with Gasteiger partial charge in [0.15, 0.2) is 0 Å². The van der Waals surface area contributed by atoms with E-state index >= 15 is 0 Å². The molecule has 0 aliphatic heterocycles. The van der Waals surface area contributed by atoms with E-state index in [0.717, 1.165) is 29.8 Å². The van der Waals surface area contributed by atoms with E-state index in [1.165, 1.54) is 24.4 Å². The molecule has 0 spiro atoms. The first-order chi connectivity index (χ1) is 7.69. The van der Waals surface area contributed by atoms with Crippen molar-refractivity contribution in [2.75, 3.05) is 0 Å². The standard InChI is InChI=1S/C12H22N2OS/c1-4-6-9(3)8-11(15)12-10(7-5-2)13-14-16-12/h9,11,15H,4-8H2,1-3H3. The lowest BCUT2D eigenvalue weighted by molar-refractivity contribution is 0.147. The molecule has 16 heavy (non-hydrogen) atoms. The minimum absolute atomic E-state index is 0.372. The lowest BCUT2D eigenvalue weighted by Gasteiger charge is -2.14. The van der Waals surface area contributed by atoms with Gasteiger partial charge in [-0.1, -0.05) is 44.5 Å². The highest BCUT2D eigenvalue weighted by atomic mass is 32.1. The Labute approximate surface area is 102 Å². The van der Waals surface area contributed by atoms with Crippen molar-refractivity contribution in [2.45, 2.75) is 59.0 Å². The van der Waals surface area contributed by atoms with E-state index in [2.05, 4.69) is 30.4 Å². The summed E-state index contributed by atoms with van der Waals surface area (Å²) in [5.74, 6) is 0.566. The Bertz CT molecular complexity index is 301. The Hall–Kier alpha value is -0.480. The normalized spacial score (nSPS) is 15.0. The molecule has 1 aromatic heterocycles. The summed E-state index contributed by atoms with van der Waals surface area (Å²) < 4.78 is 3.95. The van der Waals surface area contributed by atoms with Crippen LogP contribution in [0.25, 0.3) is 0 Å². The molecule has 1 N–H and O–H groups in total. The van der Waals surface area contributed by atoms with Gasteiger partial charge in [0.2, 0.25) is 0 Å². The van der Waals surface area contributed by atoms with Crippen LogP contribution in [0.2, 0.25) is 0 Å². The average Bonchev–Trinajstić information content (AvgIpc) is 2.66. The molecule has 0 fully saturated rings. The number of hydrogen-bond acceptors (Lipinski definition) is 4. The molecule has 0 aliphatic rings. The van der Waals surface area contributed by atoms with Crippen LogP contribution in [-0.4, -0.2) is 14.7 Å². The van der Waals surface area contributed by atoms with Crippen molar-refractivity contribution in [2.24, 2.45) is 5.92 Å². The van der Waals surface area contributed by atoms with Crippen molar-refractivity contribution in [3.8, 4) is 0 Å². The van der Waals surface area contributed by atoms with Crippen molar-refractivity contribution in [1.29, 1.82) is 0 Å². The molecule has 3 nitrogen and oxygen atoms in total. The molecule has 0 aromatic carbocycles. The smallest absolute Gasteiger partial charge is 0.0919 e. The van der Waals surface area contributed by atoms with Gasteiger partial charge in [0, 0.05) is 0 Å². The van der Waals surface area contributed by atoms with Crippen LogP contribution in [0.4, 0.5) is 0 Å². The largest absolute Gasteiger partial charge is 0.387 e. The minimum Gasteiger partial charge on any atom is -0.387 e. The van der Waals surface area contributed by atoms with Crippen LogP contribution in [0.3, 0.4) is 0 Å². The van der Waals surface area contributed by atoms with Crippen LogP contribution in [-0.2, 0) is 6.42 Å². The summed E-state index contributed by atoms with van der Waals surface area (Å²) in [7, 11) is 0. The molecule has 1 aromatic rings. The second kappa shape index (κ2) is 6.97. The summed E-state index contributed by atoms with van der Waals surface area (Å²) in [6.45, 7) is 6.50. The Morgan fingerprint density at radius 1 is 1.31 bits per heavy atom. The van der Waals surface area contributed by atoms with Gasteiger partial charge in [-0.3, -0.25) is 0 Å². The molecule has 0 saturated carbocycles. The van der Waals surface area contributed by atoms with Gasteiger partial charge < -0.3 is 5.11 Å². The molecule has 1 rings (SSSR count). The molecule has 2 unspecified atom stereocenters. The zero-order valence-corrected chi connectivity index (χ0v) is 11.3. The molecule has 1 heterocycles. The van der Waals surface area contributed by atoms with Crippen molar-refractivity contribution in [1.82, 2.24) is 9.59 Å². The van der Waals surface area contributed by atoms with Gasteiger partial charge >= 0.3 is 0 Å². The quantitative estimate of drug-likeness (QED) is 0.797. The van der Waals surface area contributed by atoms with Crippen molar-refractivity contribution in [3.63, 3.8) is 0 Å². The van der Waals surface area contributed by atoms with Crippen molar-refractivity contribution in [3.05, 3.63) is 10.6 Å². The maximum atomic E-state index is 10.1. The Balaban J connectivity index is 2.57. The lowest BCUT2D eigenvalue weighted by atomic mass is 9.97. The Kier molecular flexibility index (Phi) is 5.91. The summed E-state index contributed by atoms with van der Waals surface area (Å²) in [5.41, 5.74) is 0.990. The molecule has 0 saturated heterocycles. The summed E-state index contributed by atoms with van der Waals surface area (Å²) in [6.07, 6.45) is 4.78. The molecule has 0 aliphatic carbocycles. The SMILES string of the molecule is CCCc1nnsc1C(O)CC(C)CCC. The highest BCUT2D eigenvalue weighted by Crippen LogP contribution is 2.28. The van der Waals surface area contributed by atoms with Gasteiger partial charge in [-0.2, -0.15) is 0 Å². The molecule has 2 atom stereocenters. The maximum Gasteiger partial charge on any atom is 0.0919 e. The third-order valence-electron chi connectivity index (χ3n) is 2.78. The van der Waals surface area contributed by atoms with Crippen LogP contribution in [0, 0.1) is 5.92 Å². The molecule has 0 bridgehead atoms. The van der Waals surface area contributed by atoms with E-state index in [1.54, 1.807) is 0 Å². The number of hydrogen-bond donors (Lipinski definition) is 1. The summed E-state index contributed by atoms with van der Waals surface area (Å²) in [6, 6.07) is 0. The number of aromatic nitrogens is 2. The molecular weight excluding hydrogens is 220 g/mol. The Morgan fingerprint density at radius 2 is 2.06 bits per heavy atom. The predicted molar refractivity (Wildman–Crippen MR) is 67.6 cm³/mol. The van der Waals surface area contributed by atoms with Crippen LogP contribution in [0.15, 0.2) is 0 Å². The molecule has 0 amide bonds. The van der Waals surface area contributed by atoms with E-state index in [-0.39, 0.29) is 6.10 Å². The fourth-order valence-electron chi connectivity index (χ4n) is 1.98. The lowest BCUT2D eigenvalue weighted by Crippen LogP contribution is -2.05. The van der Waals surface area contributed by atoms with Gasteiger partial charge in [0.1, 0.15) is 0 Å². The van der Waals surface area contributed by atoms with Crippen LogP contribution < -0.4 is 0 Å². The predicted octanol–water partition coefficient (Wildman–Crippen LogP) is 3.35. The third-order valence-corrected chi connectivity index (χ3v) is 3.65. The van der Waals surface area contributed by atoms with Crippen LogP contribution in [0.5, 0.6) is 0 Å². The zero-order chi connectivity index (χ0) is 12.0. The van der Waals surface area contributed by atoms with Crippen LogP contribution in [0.1, 0.15) is 63.1 Å². The number of aryl methyl sites for hydroxylation is 1. The second-order valence-corrected chi connectivity index (χ2v) is 5.26. The van der Waals surface area contributed by atoms with Gasteiger partial charge in [0.05, 0.1) is 16.7 Å². The Morgan fingerprint density at radius 3 is 2.69 bits per heavy atom. The number of aliphatic hydroxyl groups excluding tert-OH is 1. The van der Waals surface area contributed by atoms with Crippen LogP contribution >= 0.6 is 11.5 Å². The zero-order valence-electron chi connectivity index (χ0n) is 10.4. The van der Waals surface area contributed by atoms with Gasteiger partial charge in [-0.05, 0) is 30.3 Å². The first-order valence-corrected chi connectivity index (χ1v) is 6.95. The molecule has 0 radical (unpaired) electrons. The number of nitrogens with zero attached hydrogens (tertiary/aromatic N) is 2. The van der Waals surface area contributed by atoms with Gasteiger partial charge in [0.25, 0.3) is 0 Å². The molecule has 92 valence electrons. The topological polar surface area (TPSA) is 46.0 Å². The molecule has 4 heteroatoms. The molecular formula is C12H22N2OS. The van der Waals surface area contributed by atoms with Gasteiger partial charge in [-0.25, -0.2) is 0 Å². The average molecular weight is 242 g/mol. The number of aliphatic hydroxyl groups is 1. The monoisotopic (exact) mass is 242 g/mol. The number of rotatable bonds is 7. The highest BCUT2D eigenvalue weighted by molar-refractivity contribution is 7.05. The van der Waals surface area contributed by atoms with E-state index in [0.29, 0.717) is 5.92 Å². The van der Waals surface area contributed by atoms with Crippen molar-refractivity contribution >= 4 is 11.5 Å². The summed E-state index contributed by atoms with van der Waals surface area (Å²) in [4.78, 5) is 0.977. The third kappa shape index (κ3) is 3.83. The highest BCUT2D eigenvalue weighted by Gasteiger charge is 2.18. The van der Waals surface area contributed by atoms with Crippen molar-refractivity contribution < 1.29 is 5.11 Å². The fraction of sp³-hybridized carbons (Fsp3) is 0.833. The summed E-state index contributed by atoms with van der Waals surface area (Å²) in [5, 5.41) is 14.2. The van der Waals surface area contributed by atoms with E-state index < -0.39 is 0 Å². The van der Waals surface area contributed by atoms with Gasteiger partial charge in [-0.15, -0.1) is 5.10 Å². The minimum atomic E-state index is -0.372.